The summed E-state index contributed by atoms with van der Waals surface area (Å²) in [5, 5.41) is 2.32. The number of thiazole rings is 1. The van der Waals surface area contributed by atoms with E-state index in [9.17, 15) is 9.59 Å². The van der Waals surface area contributed by atoms with E-state index in [1.807, 2.05) is 63.2 Å². The fourth-order valence-corrected chi connectivity index (χ4v) is 4.19. The topological polar surface area (TPSA) is 71.9 Å². The van der Waals surface area contributed by atoms with E-state index < -0.39 is 5.97 Å². The number of carbonyl (C=O) groups excluding carboxylic acids is 2. The molecule has 156 valence electrons. The highest BCUT2D eigenvalue weighted by molar-refractivity contribution is 7.14. The van der Waals surface area contributed by atoms with Crippen LogP contribution in [0.3, 0.4) is 0 Å². The molecule has 1 aliphatic heterocycles. The summed E-state index contributed by atoms with van der Waals surface area (Å²) in [6.07, 6.45) is 1.58. The van der Waals surface area contributed by atoms with E-state index in [0.29, 0.717) is 10.8 Å². The van der Waals surface area contributed by atoms with Gasteiger partial charge in [0, 0.05) is 17.9 Å². The summed E-state index contributed by atoms with van der Waals surface area (Å²) >= 11 is 1.33. The lowest BCUT2D eigenvalue weighted by Gasteiger charge is -2.22. The molecule has 0 radical (unpaired) electrons. The second kappa shape index (κ2) is 8.28. The van der Waals surface area contributed by atoms with Gasteiger partial charge >= 0.3 is 5.97 Å². The van der Waals surface area contributed by atoms with Gasteiger partial charge in [0.2, 0.25) is 11.8 Å². The molecular formula is C24H21N3O3S. The lowest BCUT2D eigenvalue weighted by Crippen LogP contribution is -2.24. The third-order valence-electron chi connectivity index (χ3n) is 4.88. The van der Waals surface area contributed by atoms with Crippen LogP contribution >= 0.6 is 11.3 Å². The maximum atomic E-state index is 12.5. The third kappa shape index (κ3) is 4.18. The van der Waals surface area contributed by atoms with Crippen LogP contribution < -0.4 is 4.90 Å². The van der Waals surface area contributed by atoms with Gasteiger partial charge in [-0.05, 0) is 50.1 Å². The number of esters is 1. The monoisotopic (exact) mass is 431 g/mol. The van der Waals surface area contributed by atoms with Crippen molar-refractivity contribution in [2.45, 2.75) is 27.7 Å². The molecule has 31 heavy (non-hydrogen) atoms. The zero-order valence-electron chi connectivity index (χ0n) is 17.7. The van der Waals surface area contributed by atoms with Gasteiger partial charge in [-0.3, -0.25) is 9.69 Å². The number of carbonyl (C=O) groups is 2. The van der Waals surface area contributed by atoms with Crippen LogP contribution in [-0.4, -0.2) is 22.8 Å². The average molecular weight is 432 g/mol. The SMILES string of the molecule is CC(=O)N(c1nc(/C=C2\N=C(c3ccc(C)cc3)OC2=O)cs1)c1c(C)cccc1C. The lowest BCUT2D eigenvalue weighted by molar-refractivity contribution is -0.130. The number of nitrogens with zero attached hydrogens (tertiary/aromatic N) is 3. The van der Waals surface area contributed by atoms with E-state index >= 15 is 0 Å². The van der Waals surface area contributed by atoms with Gasteiger partial charge in [0.15, 0.2) is 10.8 Å². The van der Waals surface area contributed by atoms with Crippen LogP contribution in [0.5, 0.6) is 0 Å². The van der Waals surface area contributed by atoms with Crippen molar-refractivity contribution in [1.82, 2.24) is 4.98 Å². The lowest BCUT2D eigenvalue weighted by atomic mass is 10.1. The molecule has 3 aromatic rings. The molecule has 2 heterocycles. The predicted molar refractivity (Wildman–Crippen MR) is 123 cm³/mol. The number of para-hydroxylation sites is 1. The molecular weight excluding hydrogens is 410 g/mol. The number of aryl methyl sites for hydroxylation is 3. The maximum absolute atomic E-state index is 12.5. The molecule has 0 atom stereocenters. The van der Waals surface area contributed by atoms with Crippen LogP contribution in [0, 0.1) is 20.8 Å². The normalized spacial score (nSPS) is 14.5. The van der Waals surface area contributed by atoms with E-state index in [1.165, 1.54) is 18.3 Å². The highest BCUT2D eigenvalue weighted by atomic mass is 32.1. The van der Waals surface area contributed by atoms with Gasteiger partial charge in [-0.15, -0.1) is 11.3 Å². The quantitative estimate of drug-likeness (QED) is 0.426. The Morgan fingerprint density at radius 1 is 1.06 bits per heavy atom. The largest absolute Gasteiger partial charge is 0.402 e. The molecule has 0 unspecified atom stereocenters. The average Bonchev–Trinajstić information content (AvgIpc) is 3.32. The molecule has 0 spiro atoms. The molecule has 1 amide bonds. The maximum Gasteiger partial charge on any atom is 0.363 e. The molecule has 2 aromatic carbocycles. The number of rotatable bonds is 4. The van der Waals surface area contributed by atoms with Gasteiger partial charge in [-0.1, -0.05) is 35.9 Å². The minimum absolute atomic E-state index is 0.133. The molecule has 0 N–H and O–H groups in total. The smallest absolute Gasteiger partial charge is 0.363 e. The van der Waals surface area contributed by atoms with E-state index in [4.69, 9.17) is 4.74 Å². The number of hydrogen-bond donors (Lipinski definition) is 0. The van der Waals surface area contributed by atoms with Gasteiger partial charge in [0.05, 0.1) is 11.4 Å². The molecule has 1 aromatic heterocycles. The van der Waals surface area contributed by atoms with Crippen LogP contribution in [0.1, 0.15) is 34.9 Å². The first-order chi connectivity index (χ1) is 14.8. The van der Waals surface area contributed by atoms with Gasteiger partial charge in [-0.25, -0.2) is 14.8 Å². The van der Waals surface area contributed by atoms with Crippen molar-refractivity contribution in [1.29, 1.82) is 0 Å². The second-order valence-corrected chi connectivity index (χ2v) is 8.19. The van der Waals surface area contributed by atoms with Crippen LogP contribution in [0.2, 0.25) is 0 Å². The first kappa shape index (κ1) is 20.7. The Kier molecular flexibility index (Phi) is 5.52. The molecule has 1 aliphatic rings. The third-order valence-corrected chi connectivity index (χ3v) is 5.73. The molecule has 0 saturated carbocycles. The zero-order valence-corrected chi connectivity index (χ0v) is 18.5. The fraction of sp³-hybridized carbons (Fsp3) is 0.167. The number of hydrogen-bond acceptors (Lipinski definition) is 6. The summed E-state index contributed by atoms with van der Waals surface area (Å²) < 4.78 is 5.32. The van der Waals surface area contributed by atoms with Crippen molar-refractivity contribution >= 4 is 46.0 Å². The molecule has 0 fully saturated rings. The number of benzene rings is 2. The number of cyclic esters (lactones) is 1. The van der Waals surface area contributed by atoms with Gasteiger partial charge < -0.3 is 4.74 Å². The molecule has 0 saturated heterocycles. The van der Waals surface area contributed by atoms with E-state index in [-0.39, 0.29) is 17.5 Å². The van der Waals surface area contributed by atoms with E-state index in [0.717, 1.165) is 27.9 Å². The number of ether oxygens (including phenoxy) is 1. The van der Waals surface area contributed by atoms with Crippen LogP contribution in [0.4, 0.5) is 10.8 Å². The summed E-state index contributed by atoms with van der Waals surface area (Å²) in [5.41, 5.74) is 5.35. The Labute approximate surface area is 184 Å². The van der Waals surface area contributed by atoms with E-state index in [1.54, 1.807) is 16.4 Å². The molecule has 0 aliphatic carbocycles. The Morgan fingerprint density at radius 3 is 2.39 bits per heavy atom. The molecule has 6 nitrogen and oxygen atoms in total. The van der Waals surface area contributed by atoms with Crippen molar-refractivity contribution in [3.05, 3.63) is 81.5 Å². The molecule has 7 heteroatoms. The minimum atomic E-state index is -0.525. The van der Waals surface area contributed by atoms with Crippen molar-refractivity contribution in [2.24, 2.45) is 4.99 Å². The Bertz CT molecular complexity index is 1220. The fourth-order valence-electron chi connectivity index (χ4n) is 3.36. The van der Waals surface area contributed by atoms with Gasteiger partial charge in [0.25, 0.3) is 0 Å². The molecule has 4 rings (SSSR count). The first-order valence-corrected chi connectivity index (χ1v) is 10.6. The van der Waals surface area contributed by atoms with Gasteiger partial charge in [0.1, 0.15) is 0 Å². The minimum Gasteiger partial charge on any atom is -0.402 e. The number of amides is 1. The van der Waals surface area contributed by atoms with Crippen molar-refractivity contribution in [3.63, 3.8) is 0 Å². The number of aromatic nitrogens is 1. The van der Waals surface area contributed by atoms with Crippen molar-refractivity contribution < 1.29 is 14.3 Å². The second-order valence-electron chi connectivity index (χ2n) is 7.35. The zero-order chi connectivity index (χ0) is 22.1. The van der Waals surface area contributed by atoms with Crippen molar-refractivity contribution in [2.75, 3.05) is 4.90 Å². The van der Waals surface area contributed by atoms with Gasteiger partial charge in [-0.2, -0.15) is 0 Å². The predicted octanol–water partition coefficient (Wildman–Crippen LogP) is 5.10. The first-order valence-electron chi connectivity index (χ1n) is 9.75. The molecule has 0 bridgehead atoms. The number of anilines is 2. The Morgan fingerprint density at radius 2 is 1.74 bits per heavy atom. The highest BCUT2D eigenvalue weighted by Crippen LogP contribution is 2.34. The van der Waals surface area contributed by atoms with Crippen molar-refractivity contribution in [3.8, 4) is 0 Å². The van der Waals surface area contributed by atoms with E-state index in [2.05, 4.69) is 9.98 Å². The standard InChI is InChI=1S/C24H21N3O3S/c1-14-8-10-18(11-9-14)22-26-20(23(29)30-22)12-19-13-31-24(25-19)27(17(4)28)21-15(2)6-5-7-16(21)3/h5-13H,1-4H3/b20-12-. The summed E-state index contributed by atoms with van der Waals surface area (Å²) in [4.78, 5) is 35.3. The summed E-state index contributed by atoms with van der Waals surface area (Å²) in [5.74, 6) is -0.387. The summed E-state index contributed by atoms with van der Waals surface area (Å²) in [7, 11) is 0. The number of aliphatic imine (C=N–C) groups is 1. The summed E-state index contributed by atoms with van der Waals surface area (Å²) in [6, 6.07) is 13.5. The summed E-state index contributed by atoms with van der Waals surface area (Å²) in [6.45, 7) is 7.42. The van der Waals surface area contributed by atoms with Crippen LogP contribution in [-0.2, 0) is 14.3 Å². The Hall–Kier alpha value is -3.58. The van der Waals surface area contributed by atoms with Crippen LogP contribution in [0.15, 0.2) is 58.5 Å². The van der Waals surface area contributed by atoms with Crippen LogP contribution in [0.25, 0.3) is 6.08 Å². The Balaban J connectivity index is 1.66. The highest BCUT2D eigenvalue weighted by Gasteiger charge is 2.25.